The van der Waals surface area contributed by atoms with Gasteiger partial charge >= 0.3 is 0 Å². The molecule has 0 saturated carbocycles. The van der Waals surface area contributed by atoms with Crippen LogP contribution in [0.1, 0.15) is 38.9 Å². The van der Waals surface area contributed by atoms with Crippen molar-refractivity contribution in [3.05, 3.63) is 16.6 Å². The number of halogens is 1. The Morgan fingerprint density at radius 1 is 1.56 bits per heavy atom. The van der Waals surface area contributed by atoms with Crippen LogP contribution in [-0.2, 0) is 6.54 Å². The summed E-state index contributed by atoms with van der Waals surface area (Å²) in [4.78, 5) is 7.09. The molecule has 0 spiro atoms. The molecule has 2 heterocycles. The van der Waals surface area contributed by atoms with Crippen LogP contribution in [0.15, 0.2) is 10.8 Å². The molecule has 1 aliphatic heterocycles. The highest BCUT2D eigenvalue weighted by Gasteiger charge is 2.28. The van der Waals surface area contributed by atoms with E-state index in [4.69, 9.17) is 0 Å². The fraction of sp³-hybridized carbons (Fsp3) is 0.750. The van der Waals surface area contributed by atoms with Gasteiger partial charge in [0.05, 0.1) is 6.20 Å². The van der Waals surface area contributed by atoms with E-state index in [1.54, 1.807) is 0 Å². The SMILES string of the molecule is CCn1c(Br)cnc1C1CCN(C(C)C)C1. The van der Waals surface area contributed by atoms with Crippen LogP contribution in [-0.4, -0.2) is 33.6 Å². The molecule has 1 saturated heterocycles. The van der Waals surface area contributed by atoms with Crippen molar-refractivity contribution < 1.29 is 0 Å². The molecule has 4 heteroatoms. The fourth-order valence-corrected chi connectivity index (χ4v) is 3.01. The van der Waals surface area contributed by atoms with Gasteiger partial charge in [-0.2, -0.15) is 0 Å². The molecule has 90 valence electrons. The second-order valence-electron chi connectivity index (χ2n) is 4.76. The van der Waals surface area contributed by atoms with Gasteiger partial charge in [-0.1, -0.05) is 0 Å². The van der Waals surface area contributed by atoms with E-state index >= 15 is 0 Å². The first-order chi connectivity index (χ1) is 7.63. The molecule has 2 rings (SSSR count). The van der Waals surface area contributed by atoms with Gasteiger partial charge in [0.25, 0.3) is 0 Å². The normalized spacial score (nSPS) is 22.2. The second-order valence-corrected chi connectivity index (χ2v) is 5.57. The fourth-order valence-electron chi connectivity index (χ4n) is 2.47. The Bertz CT molecular complexity index is 359. The molecule has 0 amide bonds. The Hall–Kier alpha value is -0.350. The van der Waals surface area contributed by atoms with E-state index in [0.717, 1.165) is 17.7 Å². The number of nitrogens with zero attached hydrogens (tertiary/aromatic N) is 3. The summed E-state index contributed by atoms with van der Waals surface area (Å²) in [6, 6.07) is 0.651. The van der Waals surface area contributed by atoms with Crippen LogP contribution in [0.2, 0.25) is 0 Å². The predicted molar refractivity (Wildman–Crippen MR) is 69.7 cm³/mol. The molecular formula is C12H20BrN3. The third-order valence-corrected chi connectivity index (χ3v) is 4.10. The average molecular weight is 286 g/mol. The van der Waals surface area contributed by atoms with Gasteiger partial charge in [-0.05, 0) is 49.7 Å². The van der Waals surface area contributed by atoms with Crippen molar-refractivity contribution in [3.63, 3.8) is 0 Å². The largest absolute Gasteiger partial charge is 0.323 e. The summed E-state index contributed by atoms with van der Waals surface area (Å²) in [5, 5.41) is 0. The van der Waals surface area contributed by atoms with Crippen molar-refractivity contribution in [2.75, 3.05) is 13.1 Å². The van der Waals surface area contributed by atoms with Crippen LogP contribution in [0.4, 0.5) is 0 Å². The van der Waals surface area contributed by atoms with E-state index in [2.05, 4.69) is 51.2 Å². The van der Waals surface area contributed by atoms with E-state index in [1.165, 1.54) is 18.8 Å². The molecule has 0 bridgehead atoms. The molecule has 16 heavy (non-hydrogen) atoms. The molecule has 0 aromatic carbocycles. The summed E-state index contributed by atoms with van der Waals surface area (Å²) in [6.45, 7) is 10.1. The van der Waals surface area contributed by atoms with Crippen molar-refractivity contribution in [2.45, 2.75) is 45.7 Å². The van der Waals surface area contributed by atoms with Gasteiger partial charge in [0.2, 0.25) is 0 Å². The van der Waals surface area contributed by atoms with Crippen molar-refractivity contribution >= 4 is 15.9 Å². The third kappa shape index (κ3) is 2.18. The summed E-state index contributed by atoms with van der Waals surface area (Å²) < 4.78 is 3.38. The van der Waals surface area contributed by atoms with Gasteiger partial charge in [0.15, 0.2) is 0 Å². The maximum Gasteiger partial charge on any atom is 0.113 e. The zero-order chi connectivity index (χ0) is 11.7. The van der Waals surface area contributed by atoms with Crippen LogP contribution in [0, 0.1) is 0 Å². The number of imidazole rings is 1. The second kappa shape index (κ2) is 4.88. The molecule has 0 aliphatic carbocycles. The Balaban J connectivity index is 2.14. The van der Waals surface area contributed by atoms with Crippen molar-refractivity contribution in [2.24, 2.45) is 0 Å². The molecule has 1 fully saturated rings. The van der Waals surface area contributed by atoms with Gasteiger partial charge in [0, 0.05) is 25.0 Å². The summed E-state index contributed by atoms with van der Waals surface area (Å²) >= 11 is 3.56. The highest BCUT2D eigenvalue weighted by molar-refractivity contribution is 9.10. The van der Waals surface area contributed by atoms with Crippen LogP contribution < -0.4 is 0 Å². The predicted octanol–water partition coefficient (Wildman–Crippen LogP) is 2.86. The summed E-state index contributed by atoms with van der Waals surface area (Å²) in [6.07, 6.45) is 3.17. The molecule has 1 aliphatic rings. The number of hydrogen-bond donors (Lipinski definition) is 0. The maximum absolute atomic E-state index is 4.55. The first-order valence-corrected chi connectivity index (χ1v) is 6.87. The Morgan fingerprint density at radius 2 is 2.31 bits per heavy atom. The lowest BCUT2D eigenvalue weighted by molar-refractivity contribution is 0.271. The lowest BCUT2D eigenvalue weighted by Crippen LogP contribution is -2.28. The summed E-state index contributed by atoms with van der Waals surface area (Å²) in [7, 11) is 0. The first-order valence-electron chi connectivity index (χ1n) is 6.08. The first kappa shape index (κ1) is 12.1. The van der Waals surface area contributed by atoms with Crippen LogP contribution in [0.25, 0.3) is 0 Å². The maximum atomic E-state index is 4.55. The van der Waals surface area contributed by atoms with Gasteiger partial charge in [-0.3, -0.25) is 0 Å². The molecule has 1 aromatic rings. The van der Waals surface area contributed by atoms with Crippen LogP contribution in [0.3, 0.4) is 0 Å². The molecule has 1 aromatic heterocycles. The van der Waals surface area contributed by atoms with Gasteiger partial charge < -0.3 is 9.47 Å². The smallest absolute Gasteiger partial charge is 0.113 e. The highest BCUT2D eigenvalue weighted by Crippen LogP contribution is 2.29. The molecule has 1 unspecified atom stereocenters. The van der Waals surface area contributed by atoms with E-state index in [1.807, 2.05) is 6.20 Å². The van der Waals surface area contributed by atoms with Crippen molar-refractivity contribution in [3.8, 4) is 0 Å². The van der Waals surface area contributed by atoms with Crippen molar-refractivity contribution in [1.29, 1.82) is 0 Å². The summed E-state index contributed by atoms with van der Waals surface area (Å²) in [5.41, 5.74) is 0. The zero-order valence-electron chi connectivity index (χ0n) is 10.3. The summed E-state index contributed by atoms with van der Waals surface area (Å²) in [5.74, 6) is 1.85. The standard InChI is InChI=1S/C12H20BrN3/c1-4-16-11(13)7-14-12(16)10-5-6-15(8-10)9(2)3/h7,9-10H,4-6,8H2,1-3H3. The number of aromatic nitrogens is 2. The topological polar surface area (TPSA) is 21.1 Å². The quantitative estimate of drug-likeness (QED) is 0.852. The lowest BCUT2D eigenvalue weighted by Gasteiger charge is -2.20. The number of hydrogen-bond acceptors (Lipinski definition) is 2. The number of rotatable bonds is 3. The molecular weight excluding hydrogens is 266 g/mol. The molecule has 1 atom stereocenters. The average Bonchev–Trinajstić information content (AvgIpc) is 2.83. The monoisotopic (exact) mass is 285 g/mol. The third-order valence-electron chi connectivity index (χ3n) is 3.47. The Kier molecular flexibility index (Phi) is 3.70. The van der Waals surface area contributed by atoms with E-state index in [-0.39, 0.29) is 0 Å². The minimum absolute atomic E-state index is 0.605. The van der Waals surface area contributed by atoms with E-state index in [0.29, 0.717) is 12.0 Å². The highest BCUT2D eigenvalue weighted by atomic mass is 79.9. The molecule has 3 nitrogen and oxygen atoms in total. The molecule has 0 radical (unpaired) electrons. The minimum atomic E-state index is 0.605. The van der Waals surface area contributed by atoms with Gasteiger partial charge in [0.1, 0.15) is 10.4 Å². The Labute approximate surface area is 106 Å². The Morgan fingerprint density at radius 3 is 2.88 bits per heavy atom. The zero-order valence-corrected chi connectivity index (χ0v) is 11.9. The van der Waals surface area contributed by atoms with Crippen molar-refractivity contribution in [1.82, 2.24) is 14.5 Å². The van der Waals surface area contributed by atoms with Gasteiger partial charge in [-0.25, -0.2) is 4.98 Å². The van der Waals surface area contributed by atoms with E-state index < -0.39 is 0 Å². The van der Waals surface area contributed by atoms with Gasteiger partial charge in [-0.15, -0.1) is 0 Å². The molecule has 0 N–H and O–H groups in total. The van der Waals surface area contributed by atoms with Crippen LogP contribution in [0.5, 0.6) is 0 Å². The number of likely N-dealkylation sites (tertiary alicyclic amines) is 1. The van der Waals surface area contributed by atoms with Crippen LogP contribution >= 0.6 is 15.9 Å². The minimum Gasteiger partial charge on any atom is -0.323 e. The van der Waals surface area contributed by atoms with E-state index in [9.17, 15) is 0 Å². The lowest BCUT2D eigenvalue weighted by atomic mass is 10.1.